The van der Waals surface area contributed by atoms with Crippen LogP contribution in [0.1, 0.15) is 34.6 Å². The maximum atomic E-state index is 11.9. The van der Waals surface area contributed by atoms with Crippen LogP contribution in [-0.2, 0) is 4.74 Å². The van der Waals surface area contributed by atoms with Crippen LogP contribution in [0.4, 0.5) is 4.79 Å². The average molecular weight is 258 g/mol. The minimum absolute atomic E-state index is 0.0162. The van der Waals surface area contributed by atoms with Crippen LogP contribution in [0.3, 0.4) is 0 Å². The summed E-state index contributed by atoms with van der Waals surface area (Å²) in [6.07, 6.45) is -0.855. The Morgan fingerprint density at radius 3 is 2.39 bits per heavy atom. The summed E-state index contributed by atoms with van der Waals surface area (Å²) in [6, 6.07) is 0.320. The number of likely N-dealkylation sites (tertiary alicyclic amines) is 1. The number of hydrogen-bond donors (Lipinski definition) is 1. The molecule has 0 bridgehead atoms. The third-order valence-corrected chi connectivity index (χ3v) is 3.25. The number of likely N-dealkylation sites (N-methyl/N-ethyl adjacent to an activating group) is 1. The lowest BCUT2D eigenvalue weighted by Gasteiger charge is -2.30. The van der Waals surface area contributed by atoms with Gasteiger partial charge in [0.2, 0.25) is 0 Å². The van der Waals surface area contributed by atoms with Crippen molar-refractivity contribution in [2.45, 2.75) is 58.4 Å². The second-order valence-corrected chi connectivity index (χ2v) is 6.28. The molecule has 1 aliphatic rings. The Hall–Kier alpha value is -0.810. The molecule has 0 aliphatic carbocycles. The van der Waals surface area contributed by atoms with E-state index in [9.17, 15) is 9.90 Å². The molecule has 1 saturated heterocycles. The molecular weight excluding hydrogens is 232 g/mol. The van der Waals surface area contributed by atoms with Gasteiger partial charge in [-0.25, -0.2) is 4.79 Å². The Labute approximate surface area is 110 Å². The first-order chi connectivity index (χ1) is 8.11. The molecule has 0 aromatic rings. The number of carbonyl (C=O) groups is 1. The summed E-state index contributed by atoms with van der Waals surface area (Å²) < 4.78 is 5.32. The zero-order valence-electron chi connectivity index (χ0n) is 12.3. The predicted octanol–water partition coefficient (Wildman–Crippen LogP) is 1.31. The molecule has 0 saturated carbocycles. The van der Waals surface area contributed by atoms with Crippen LogP contribution in [0.15, 0.2) is 0 Å². The molecule has 1 N–H and O–H groups in total. The third-order valence-electron chi connectivity index (χ3n) is 3.25. The highest BCUT2D eigenvalue weighted by Crippen LogP contribution is 2.19. The summed E-state index contributed by atoms with van der Waals surface area (Å²) in [4.78, 5) is 15.6. The van der Waals surface area contributed by atoms with Crippen molar-refractivity contribution in [1.29, 1.82) is 0 Å². The topological polar surface area (TPSA) is 53.0 Å². The fourth-order valence-corrected chi connectivity index (χ4v) is 2.03. The van der Waals surface area contributed by atoms with Gasteiger partial charge >= 0.3 is 6.09 Å². The highest BCUT2D eigenvalue weighted by Gasteiger charge is 2.38. The summed E-state index contributed by atoms with van der Waals surface area (Å²) in [7, 11) is 1.97. The van der Waals surface area contributed by atoms with Gasteiger partial charge in [-0.15, -0.1) is 0 Å². The molecule has 2 atom stereocenters. The van der Waals surface area contributed by atoms with Crippen LogP contribution >= 0.6 is 0 Å². The second kappa shape index (κ2) is 5.45. The van der Waals surface area contributed by atoms with Crippen molar-refractivity contribution in [3.05, 3.63) is 0 Å². The summed E-state index contributed by atoms with van der Waals surface area (Å²) >= 11 is 0. The van der Waals surface area contributed by atoms with Crippen molar-refractivity contribution in [3.8, 4) is 0 Å². The van der Waals surface area contributed by atoms with Crippen molar-refractivity contribution in [2.24, 2.45) is 0 Å². The molecule has 0 radical (unpaired) electrons. The van der Waals surface area contributed by atoms with Gasteiger partial charge in [-0.05, 0) is 41.7 Å². The Bertz CT molecular complexity index is 299. The minimum Gasteiger partial charge on any atom is -0.444 e. The molecule has 1 fully saturated rings. The van der Waals surface area contributed by atoms with Crippen LogP contribution in [0.25, 0.3) is 0 Å². The van der Waals surface area contributed by atoms with E-state index in [4.69, 9.17) is 4.74 Å². The van der Waals surface area contributed by atoms with E-state index < -0.39 is 11.7 Å². The molecule has 5 nitrogen and oxygen atoms in total. The van der Waals surface area contributed by atoms with Crippen molar-refractivity contribution < 1.29 is 14.6 Å². The maximum absolute atomic E-state index is 11.9. The van der Waals surface area contributed by atoms with E-state index in [0.29, 0.717) is 19.1 Å². The average Bonchev–Trinajstić information content (AvgIpc) is 2.56. The second-order valence-electron chi connectivity index (χ2n) is 6.28. The van der Waals surface area contributed by atoms with Gasteiger partial charge in [0, 0.05) is 12.6 Å². The first kappa shape index (κ1) is 15.2. The number of nitrogens with zero attached hydrogens (tertiary/aromatic N) is 2. The van der Waals surface area contributed by atoms with E-state index in [0.717, 1.165) is 0 Å². The molecule has 18 heavy (non-hydrogen) atoms. The van der Waals surface area contributed by atoms with Crippen molar-refractivity contribution in [3.63, 3.8) is 0 Å². The monoisotopic (exact) mass is 258 g/mol. The van der Waals surface area contributed by atoms with Gasteiger partial charge in [-0.3, -0.25) is 4.90 Å². The fourth-order valence-electron chi connectivity index (χ4n) is 2.03. The molecule has 1 aliphatic heterocycles. The van der Waals surface area contributed by atoms with E-state index in [1.165, 1.54) is 0 Å². The van der Waals surface area contributed by atoms with Gasteiger partial charge in [0.1, 0.15) is 5.60 Å². The lowest BCUT2D eigenvalue weighted by molar-refractivity contribution is 0.0269. The summed E-state index contributed by atoms with van der Waals surface area (Å²) in [5.41, 5.74) is -0.496. The van der Waals surface area contributed by atoms with E-state index in [2.05, 4.69) is 18.7 Å². The van der Waals surface area contributed by atoms with Gasteiger partial charge < -0.3 is 14.7 Å². The van der Waals surface area contributed by atoms with Crippen LogP contribution in [0, 0.1) is 0 Å². The molecule has 1 heterocycles. The molecule has 0 aromatic carbocycles. The number of rotatable bonds is 2. The predicted molar refractivity (Wildman–Crippen MR) is 70.5 cm³/mol. The number of carbonyl (C=O) groups excluding carboxylic acids is 1. The van der Waals surface area contributed by atoms with Crippen LogP contribution in [0.5, 0.6) is 0 Å². The normalized spacial score (nSPS) is 25.1. The number of ether oxygens (including phenoxy) is 1. The van der Waals surface area contributed by atoms with Crippen molar-refractivity contribution in [2.75, 3.05) is 20.1 Å². The SMILES string of the molecule is CC(C)N(C)[C@H]1CN(C(=O)OC(C)(C)C)C[C@@H]1O. The Morgan fingerprint density at radius 1 is 1.39 bits per heavy atom. The highest BCUT2D eigenvalue weighted by atomic mass is 16.6. The standard InChI is InChI=1S/C13H26N2O3/c1-9(2)14(6)10-7-15(8-11(10)16)12(17)18-13(3,4)5/h9-11,16H,7-8H2,1-6H3/t10-,11-/m0/s1. The Kier molecular flexibility index (Phi) is 4.61. The molecule has 0 unspecified atom stereocenters. The molecular formula is C13H26N2O3. The quantitative estimate of drug-likeness (QED) is 0.811. The molecule has 1 rings (SSSR count). The molecule has 1 amide bonds. The number of aliphatic hydroxyl groups excluding tert-OH is 1. The lowest BCUT2D eigenvalue weighted by atomic mass is 10.1. The summed E-state index contributed by atoms with van der Waals surface area (Å²) in [5.74, 6) is 0. The Balaban J connectivity index is 2.61. The zero-order chi connectivity index (χ0) is 14.1. The lowest BCUT2D eigenvalue weighted by Crippen LogP contribution is -2.44. The first-order valence-corrected chi connectivity index (χ1v) is 6.49. The summed E-state index contributed by atoms with van der Waals surface area (Å²) in [5, 5.41) is 10.0. The maximum Gasteiger partial charge on any atom is 0.410 e. The first-order valence-electron chi connectivity index (χ1n) is 6.49. The smallest absolute Gasteiger partial charge is 0.410 e. The molecule has 106 valence electrons. The van der Waals surface area contributed by atoms with Gasteiger partial charge in [-0.1, -0.05) is 0 Å². The van der Waals surface area contributed by atoms with Gasteiger partial charge in [0.15, 0.2) is 0 Å². The van der Waals surface area contributed by atoms with Crippen LogP contribution in [-0.4, -0.2) is 64.9 Å². The van der Waals surface area contributed by atoms with Crippen LogP contribution in [0.2, 0.25) is 0 Å². The number of β-amino-alcohol motifs (C(OH)–C–C–N with tert-alkyl or cyclic N) is 1. The number of hydrogen-bond acceptors (Lipinski definition) is 4. The van der Waals surface area contributed by atoms with Crippen molar-refractivity contribution in [1.82, 2.24) is 9.80 Å². The third kappa shape index (κ3) is 3.85. The van der Waals surface area contributed by atoms with Gasteiger partial charge in [-0.2, -0.15) is 0 Å². The minimum atomic E-state index is -0.509. The van der Waals surface area contributed by atoms with E-state index in [-0.39, 0.29) is 12.1 Å². The van der Waals surface area contributed by atoms with E-state index in [1.807, 2.05) is 27.8 Å². The highest BCUT2D eigenvalue weighted by molar-refractivity contribution is 5.68. The van der Waals surface area contributed by atoms with Gasteiger partial charge in [0.05, 0.1) is 18.7 Å². The molecule has 5 heteroatoms. The van der Waals surface area contributed by atoms with E-state index in [1.54, 1.807) is 4.90 Å². The Morgan fingerprint density at radius 2 is 1.94 bits per heavy atom. The number of aliphatic hydroxyl groups is 1. The fraction of sp³-hybridized carbons (Fsp3) is 0.923. The molecule has 0 aromatic heterocycles. The summed E-state index contributed by atoms with van der Waals surface area (Å²) in [6.45, 7) is 10.5. The van der Waals surface area contributed by atoms with Crippen molar-refractivity contribution >= 4 is 6.09 Å². The van der Waals surface area contributed by atoms with E-state index >= 15 is 0 Å². The van der Waals surface area contributed by atoms with Crippen LogP contribution < -0.4 is 0 Å². The number of amides is 1. The zero-order valence-corrected chi connectivity index (χ0v) is 12.3. The van der Waals surface area contributed by atoms with Gasteiger partial charge in [0.25, 0.3) is 0 Å². The molecule has 0 spiro atoms. The largest absolute Gasteiger partial charge is 0.444 e.